The number of thiazole rings is 1. The molecular weight excluding hydrogens is 364 g/mol. The summed E-state index contributed by atoms with van der Waals surface area (Å²) in [5.41, 5.74) is 1.72. The van der Waals surface area contributed by atoms with E-state index in [1.54, 1.807) is 0 Å². The molecular formula is C20H18N2O4S. The van der Waals surface area contributed by atoms with Crippen molar-refractivity contribution < 1.29 is 19.0 Å². The fourth-order valence-electron chi connectivity index (χ4n) is 2.64. The van der Waals surface area contributed by atoms with Crippen LogP contribution in [0.25, 0.3) is 11.3 Å². The number of aromatic nitrogens is 1. The van der Waals surface area contributed by atoms with Crippen LogP contribution in [0, 0.1) is 0 Å². The van der Waals surface area contributed by atoms with Gasteiger partial charge in [-0.1, -0.05) is 18.2 Å². The first kappa shape index (κ1) is 17.4. The van der Waals surface area contributed by atoms with Crippen molar-refractivity contribution in [3.8, 4) is 28.5 Å². The molecule has 0 atom stereocenters. The largest absolute Gasteiger partial charge is 0.494 e. The molecule has 27 heavy (non-hydrogen) atoms. The van der Waals surface area contributed by atoms with Crippen LogP contribution in [0.5, 0.6) is 17.2 Å². The Kier molecular flexibility index (Phi) is 5.20. The smallest absolute Gasteiger partial charge is 0.231 e. The van der Waals surface area contributed by atoms with Crippen LogP contribution in [0.2, 0.25) is 0 Å². The maximum atomic E-state index is 12.1. The second-order valence-corrected chi connectivity index (χ2v) is 6.78. The lowest BCUT2D eigenvalue weighted by Gasteiger charge is -2.05. The van der Waals surface area contributed by atoms with Gasteiger partial charge in [-0.3, -0.25) is 4.79 Å². The van der Waals surface area contributed by atoms with Gasteiger partial charge in [-0.15, -0.1) is 11.3 Å². The van der Waals surface area contributed by atoms with E-state index in [4.69, 9.17) is 14.2 Å². The summed E-state index contributed by atoms with van der Waals surface area (Å²) in [5, 5.41) is 5.33. The van der Waals surface area contributed by atoms with Gasteiger partial charge in [0.05, 0.1) is 12.3 Å². The number of nitrogens with zero attached hydrogens (tertiary/aromatic N) is 1. The highest BCUT2D eigenvalue weighted by atomic mass is 32.1. The van der Waals surface area contributed by atoms with E-state index < -0.39 is 0 Å². The number of benzene rings is 2. The van der Waals surface area contributed by atoms with Crippen molar-refractivity contribution in [2.45, 2.75) is 12.8 Å². The lowest BCUT2D eigenvalue weighted by Crippen LogP contribution is -2.12. The van der Waals surface area contributed by atoms with Crippen LogP contribution in [0.15, 0.2) is 53.9 Å². The lowest BCUT2D eigenvalue weighted by atomic mass is 10.1. The van der Waals surface area contributed by atoms with Gasteiger partial charge in [0.15, 0.2) is 16.6 Å². The molecule has 3 aromatic rings. The van der Waals surface area contributed by atoms with Crippen molar-refractivity contribution in [1.29, 1.82) is 0 Å². The first-order chi connectivity index (χ1) is 13.3. The molecule has 7 heteroatoms. The Hall–Kier alpha value is -3.06. The zero-order valence-electron chi connectivity index (χ0n) is 14.5. The Morgan fingerprint density at radius 3 is 2.89 bits per heavy atom. The van der Waals surface area contributed by atoms with Gasteiger partial charge in [0.2, 0.25) is 12.7 Å². The molecule has 6 nitrogen and oxygen atoms in total. The molecule has 0 saturated carbocycles. The van der Waals surface area contributed by atoms with Gasteiger partial charge < -0.3 is 19.5 Å². The third-order valence-electron chi connectivity index (χ3n) is 3.98. The highest BCUT2D eigenvalue weighted by Crippen LogP contribution is 2.36. The van der Waals surface area contributed by atoms with E-state index in [0.29, 0.717) is 30.3 Å². The first-order valence-electron chi connectivity index (χ1n) is 8.61. The topological polar surface area (TPSA) is 69.7 Å². The average Bonchev–Trinajstić information content (AvgIpc) is 3.34. The number of hydrogen-bond donors (Lipinski definition) is 1. The zero-order valence-corrected chi connectivity index (χ0v) is 15.3. The van der Waals surface area contributed by atoms with E-state index in [-0.39, 0.29) is 12.7 Å². The van der Waals surface area contributed by atoms with Crippen LogP contribution in [-0.2, 0) is 4.79 Å². The van der Waals surface area contributed by atoms with Gasteiger partial charge in [0.1, 0.15) is 5.75 Å². The number of carbonyl (C=O) groups is 1. The molecule has 0 bridgehead atoms. The number of amides is 1. The van der Waals surface area contributed by atoms with E-state index >= 15 is 0 Å². The normalized spacial score (nSPS) is 12.0. The van der Waals surface area contributed by atoms with Crippen LogP contribution in [-0.4, -0.2) is 24.3 Å². The molecule has 1 aliphatic rings. The van der Waals surface area contributed by atoms with E-state index in [9.17, 15) is 4.79 Å². The molecule has 2 heterocycles. The molecule has 138 valence electrons. The minimum absolute atomic E-state index is 0.0711. The number of nitrogens with one attached hydrogen (secondary N) is 1. The summed E-state index contributed by atoms with van der Waals surface area (Å²) >= 11 is 1.40. The summed E-state index contributed by atoms with van der Waals surface area (Å²) in [6.45, 7) is 0.739. The average molecular weight is 382 g/mol. The minimum atomic E-state index is -0.0711. The summed E-state index contributed by atoms with van der Waals surface area (Å²) in [5.74, 6) is 2.19. The molecule has 1 N–H and O–H groups in total. The van der Waals surface area contributed by atoms with Crippen LogP contribution < -0.4 is 19.5 Å². The van der Waals surface area contributed by atoms with Crippen LogP contribution in [0.4, 0.5) is 5.13 Å². The molecule has 0 unspecified atom stereocenters. The standard InChI is InChI=1S/C20H18N2O4S/c23-19(7-4-10-24-15-5-2-1-3-6-15)22-20-21-16(12-27-20)14-8-9-17-18(11-14)26-13-25-17/h1-3,5-6,8-9,11-12H,4,7,10,13H2,(H,21,22,23). The Balaban J connectivity index is 1.27. The molecule has 0 saturated heterocycles. The number of rotatable bonds is 7. The van der Waals surface area contributed by atoms with E-state index in [0.717, 1.165) is 22.8 Å². The monoisotopic (exact) mass is 382 g/mol. The quantitative estimate of drug-likeness (QED) is 0.616. The lowest BCUT2D eigenvalue weighted by molar-refractivity contribution is -0.116. The predicted octanol–water partition coefficient (Wildman–Crippen LogP) is 4.34. The molecule has 0 radical (unpaired) electrons. The van der Waals surface area contributed by atoms with Crippen molar-refractivity contribution >= 4 is 22.4 Å². The van der Waals surface area contributed by atoms with Gasteiger partial charge in [0, 0.05) is 17.4 Å². The predicted molar refractivity (Wildman–Crippen MR) is 103 cm³/mol. The minimum Gasteiger partial charge on any atom is -0.494 e. The Morgan fingerprint density at radius 2 is 2.00 bits per heavy atom. The molecule has 1 aromatic heterocycles. The van der Waals surface area contributed by atoms with Crippen molar-refractivity contribution in [3.63, 3.8) is 0 Å². The maximum absolute atomic E-state index is 12.1. The number of carbonyl (C=O) groups excluding carboxylic acids is 1. The fraction of sp³-hybridized carbons (Fsp3) is 0.200. The van der Waals surface area contributed by atoms with E-state index in [1.807, 2.05) is 53.9 Å². The van der Waals surface area contributed by atoms with Crippen LogP contribution >= 0.6 is 11.3 Å². The van der Waals surface area contributed by atoms with Crippen LogP contribution in [0.3, 0.4) is 0 Å². The molecule has 1 amide bonds. The van der Waals surface area contributed by atoms with Gasteiger partial charge in [-0.25, -0.2) is 4.98 Å². The van der Waals surface area contributed by atoms with Crippen LogP contribution in [0.1, 0.15) is 12.8 Å². The number of para-hydroxylation sites is 1. The highest BCUT2D eigenvalue weighted by Gasteiger charge is 2.15. The molecule has 0 aliphatic carbocycles. The van der Waals surface area contributed by atoms with Gasteiger partial charge in [-0.05, 0) is 36.8 Å². The highest BCUT2D eigenvalue weighted by molar-refractivity contribution is 7.14. The van der Waals surface area contributed by atoms with Gasteiger partial charge in [0.25, 0.3) is 0 Å². The number of anilines is 1. The molecule has 0 fully saturated rings. The van der Waals surface area contributed by atoms with Crippen molar-refractivity contribution in [1.82, 2.24) is 4.98 Å². The second kappa shape index (κ2) is 8.09. The molecule has 4 rings (SSSR count). The Morgan fingerprint density at radius 1 is 1.15 bits per heavy atom. The third kappa shape index (κ3) is 4.38. The van der Waals surface area contributed by atoms with Crippen molar-refractivity contribution in [2.75, 3.05) is 18.7 Å². The van der Waals surface area contributed by atoms with Gasteiger partial charge >= 0.3 is 0 Å². The van der Waals surface area contributed by atoms with Gasteiger partial charge in [-0.2, -0.15) is 0 Å². The summed E-state index contributed by atoms with van der Waals surface area (Å²) < 4.78 is 16.3. The molecule has 2 aromatic carbocycles. The maximum Gasteiger partial charge on any atom is 0.231 e. The molecule has 1 aliphatic heterocycles. The van der Waals surface area contributed by atoms with Crippen molar-refractivity contribution in [2.24, 2.45) is 0 Å². The fourth-order valence-corrected chi connectivity index (χ4v) is 3.38. The number of hydrogen-bond acceptors (Lipinski definition) is 6. The number of ether oxygens (including phenoxy) is 3. The Labute approximate surface area is 160 Å². The number of fused-ring (bicyclic) bond motifs is 1. The van der Waals surface area contributed by atoms with E-state index in [1.165, 1.54) is 11.3 Å². The SMILES string of the molecule is O=C(CCCOc1ccccc1)Nc1nc(-c2ccc3c(c2)OCO3)cs1. The first-order valence-corrected chi connectivity index (χ1v) is 9.49. The summed E-state index contributed by atoms with van der Waals surface area (Å²) in [4.78, 5) is 16.6. The molecule has 0 spiro atoms. The second-order valence-electron chi connectivity index (χ2n) is 5.92. The Bertz CT molecular complexity index is 927. The van der Waals surface area contributed by atoms with E-state index in [2.05, 4.69) is 10.3 Å². The summed E-state index contributed by atoms with van der Waals surface area (Å²) in [6.07, 6.45) is 1.02. The summed E-state index contributed by atoms with van der Waals surface area (Å²) in [6, 6.07) is 15.2. The zero-order chi connectivity index (χ0) is 18.5. The summed E-state index contributed by atoms with van der Waals surface area (Å²) in [7, 11) is 0. The van der Waals surface area contributed by atoms with Crippen molar-refractivity contribution in [3.05, 3.63) is 53.9 Å². The third-order valence-corrected chi connectivity index (χ3v) is 4.74.